The average molecular weight is 470 g/mol. The molecule has 0 N–H and O–H groups in total. The fourth-order valence-corrected chi connectivity index (χ4v) is 3.10. The van der Waals surface area contributed by atoms with Crippen LogP contribution < -0.4 is 0 Å². The van der Waals surface area contributed by atoms with Crippen LogP contribution in [0, 0.1) is 13.8 Å². The molecular formula is C25H26F3N5O. The Morgan fingerprint density at radius 2 is 1.59 bits per heavy atom. The summed E-state index contributed by atoms with van der Waals surface area (Å²) in [6, 6.07) is 11.7. The molecular weight excluding hydrogens is 443 g/mol. The Labute approximate surface area is 196 Å². The molecule has 0 aromatic carbocycles. The molecule has 9 heteroatoms. The summed E-state index contributed by atoms with van der Waals surface area (Å²) in [5, 5.41) is 0.671. The van der Waals surface area contributed by atoms with Gasteiger partial charge in [-0.1, -0.05) is 6.07 Å². The molecule has 0 unspecified atom stereocenters. The molecule has 5 heterocycles. The van der Waals surface area contributed by atoms with Crippen LogP contribution in [0.25, 0.3) is 22.3 Å². The molecule has 0 saturated carbocycles. The maximum Gasteiger partial charge on any atom is 0.433 e. The molecule has 0 amide bonds. The van der Waals surface area contributed by atoms with Gasteiger partial charge in [-0.05, 0) is 69.5 Å². The van der Waals surface area contributed by atoms with Gasteiger partial charge in [0, 0.05) is 47.9 Å². The van der Waals surface area contributed by atoms with E-state index >= 15 is 0 Å². The van der Waals surface area contributed by atoms with Gasteiger partial charge in [-0.15, -0.1) is 0 Å². The minimum Gasteiger partial charge on any atom is -0.381 e. The number of alkyl halides is 3. The van der Waals surface area contributed by atoms with Gasteiger partial charge in [-0.25, -0.2) is 15.0 Å². The Hall–Kier alpha value is -3.46. The summed E-state index contributed by atoms with van der Waals surface area (Å²) >= 11 is 0. The molecule has 0 aliphatic carbocycles. The second-order valence-electron chi connectivity index (χ2n) is 7.62. The third-order valence-electron chi connectivity index (χ3n) is 4.85. The summed E-state index contributed by atoms with van der Waals surface area (Å²) in [4.78, 5) is 19.9. The first-order valence-electron chi connectivity index (χ1n) is 10.9. The summed E-state index contributed by atoms with van der Waals surface area (Å²) in [5.74, 6) is 0. The average Bonchev–Trinajstić information content (AvgIpc) is 2.85. The van der Waals surface area contributed by atoms with Crippen LogP contribution in [-0.4, -0.2) is 38.1 Å². The van der Waals surface area contributed by atoms with E-state index < -0.39 is 11.9 Å². The van der Waals surface area contributed by atoms with Crippen molar-refractivity contribution in [2.24, 2.45) is 0 Å². The van der Waals surface area contributed by atoms with E-state index in [1.165, 1.54) is 31.7 Å². The monoisotopic (exact) mass is 469 g/mol. The first-order valence-corrected chi connectivity index (χ1v) is 10.9. The highest BCUT2D eigenvalue weighted by molar-refractivity contribution is 5.89. The van der Waals surface area contributed by atoms with Crippen molar-refractivity contribution in [3.8, 4) is 11.3 Å². The lowest BCUT2D eigenvalue weighted by Gasteiger charge is -2.08. The molecule has 0 bridgehead atoms. The summed E-state index contributed by atoms with van der Waals surface area (Å²) in [6.07, 6.45) is 3.76. The normalized spacial score (nSPS) is 13.3. The zero-order chi connectivity index (χ0) is 24.4. The first kappa shape index (κ1) is 25.2. The van der Waals surface area contributed by atoms with Gasteiger partial charge in [-0.3, -0.25) is 9.97 Å². The molecule has 34 heavy (non-hydrogen) atoms. The van der Waals surface area contributed by atoms with Crippen molar-refractivity contribution in [2.45, 2.75) is 39.3 Å². The number of fused-ring (bicyclic) bond motifs is 1. The van der Waals surface area contributed by atoms with Crippen LogP contribution in [0.3, 0.4) is 0 Å². The highest BCUT2D eigenvalue weighted by atomic mass is 19.4. The van der Waals surface area contributed by atoms with Crippen molar-refractivity contribution in [1.82, 2.24) is 24.9 Å². The third-order valence-corrected chi connectivity index (χ3v) is 4.85. The molecule has 5 rings (SSSR count). The van der Waals surface area contributed by atoms with Crippen LogP contribution in [0.4, 0.5) is 13.2 Å². The molecule has 178 valence electrons. The maximum absolute atomic E-state index is 12.5. The van der Waals surface area contributed by atoms with Crippen LogP contribution in [0.1, 0.15) is 36.3 Å². The van der Waals surface area contributed by atoms with Crippen molar-refractivity contribution in [1.29, 1.82) is 0 Å². The van der Waals surface area contributed by atoms with Gasteiger partial charge in [-0.2, -0.15) is 13.2 Å². The van der Waals surface area contributed by atoms with Gasteiger partial charge in [0.15, 0.2) is 5.65 Å². The van der Waals surface area contributed by atoms with Gasteiger partial charge in [0.25, 0.3) is 0 Å². The number of nitrogens with zero attached hydrogens (tertiary/aromatic N) is 5. The van der Waals surface area contributed by atoms with Crippen molar-refractivity contribution < 1.29 is 17.9 Å². The number of rotatable bonds is 1. The minimum atomic E-state index is -4.45. The smallest absolute Gasteiger partial charge is 0.381 e. The fourth-order valence-electron chi connectivity index (χ4n) is 3.10. The van der Waals surface area contributed by atoms with Crippen molar-refractivity contribution >= 4 is 11.0 Å². The lowest BCUT2D eigenvalue weighted by molar-refractivity contribution is -0.141. The van der Waals surface area contributed by atoms with Crippen LogP contribution in [0.5, 0.6) is 0 Å². The standard InChI is InChI=1S/C14H9F3N4.C6H7N.C5H10O/c1-8-2-4-10-12(19-7-20-13(10)21-8)9-3-5-11(18-6-9)14(15,16)17;1-6-4-2-3-5-7-6;1-2-4-6-5-3-1/h2-7H,1H3;2-5H,1H3;1-5H2. The maximum atomic E-state index is 12.5. The van der Waals surface area contributed by atoms with E-state index in [4.69, 9.17) is 4.74 Å². The lowest BCUT2D eigenvalue weighted by atomic mass is 10.1. The number of hydrogen-bond acceptors (Lipinski definition) is 6. The number of ether oxygens (including phenoxy) is 1. The summed E-state index contributed by atoms with van der Waals surface area (Å²) in [6.45, 7) is 5.81. The number of aryl methyl sites for hydroxylation is 2. The molecule has 6 nitrogen and oxygen atoms in total. The van der Waals surface area contributed by atoms with E-state index in [0.29, 0.717) is 22.3 Å². The zero-order valence-corrected chi connectivity index (χ0v) is 19.1. The fraction of sp³-hybridized carbons (Fsp3) is 0.320. The van der Waals surface area contributed by atoms with E-state index in [9.17, 15) is 13.2 Å². The van der Waals surface area contributed by atoms with Crippen molar-refractivity contribution in [3.63, 3.8) is 0 Å². The lowest BCUT2D eigenvalue weighted by Crippen LogP contribution is -2.07. The second kappa shape index (κ2) is 12.1. The van der Waals surface area contributed by atoms with E-state index in [0.717, 1.165) is 36.9 Å². The molecule has 0 radical (unpaired) electrons. The minimum absolute atomic E-state index is 0.487. The highest BCUT2D eigenvalue weighted by Gasteiger charge is 2.32. The molecule has 1 aliphatic rings. The predicted octanol–water partition coefficient (Wildman–Crippen LogP) is 5.99. The van der Waals surface area contributed by atoms with Crippen molar-refractivity contribution in [2.75, 3.05) is 13.2 Å². The number of halogens is 3. The summed E-state index contributed by atoms with van der Waals surface area (Å²) < 4.78 is 42.6. The Morgan fingerprint density at radius 1 is 0.794 bits per heavy atom. The van der Waals surface area contributed by atoms with Crippen LogP contribution >= 0.6 is 0 Å². The Kier molecular flexibility index (Phi) is 8.98. The van der Waals surface area contributed by atoms with E-state index in [-0.39, 0.29) is 0 Å². The summed E-state index contributed by atoms with van der Waals surface area (Å²) in [5.41, 5.74) is 2.44. The Morgan fingerprint density at radius 3 is 2.09 bits per heavy atom. The zero-order valence-electron chi connectivity index (χ0n) is 19.1. The van der Waals surface area contributed by atoms with Crippen LogP contribution in [-0.2, 0) is 10.9 Å². The van der Waals surface area contributed by atoms with Gasteiger partial charge in [0.2, 0.25) is 0 Å². The van der Waals surface area contributed by atoms with Crippen LogP contribution in [0.15, 0.2) is 61.2 Å². The second-order valence-corrected chi connectivity index (χ2v) is 7.62. The van der Waals surface area contributed by atoms with E-state index in [1.54, 1.807) is 18.3 Å². The molecule has 4 aromatic rings. The number of hydrogen-bond donors (Lipinski definition) is 0. The molecule has 1 aliphatic heterocycles. The van der Waals surface area contributed by atoms with Gasteiger partial charge >= 0.3 is 6.18 Å². The molecule has 4 aromatic heterocycles. The highest BCUT2D eigenvalue weighted by Crippen LogP contribution is 2.30. The van der Waals surface area contributed by atoms with E-state index in [1.807, 2.05) is 32.0 Å². The molecule has 0 atom stereocenters. The Bertz CT molecular complexity index is 1150. The van der Waals surface area contributed by atoms with Gasteiger partial charge in [0.05, 0.1) is 5.69 Å². The van der Waals surface area contributed by atoms with Gasteiger partial charge < -0.3 is 4.74 Å². The molecule has 0 spiro atoms. The van der Waals surface area contributed by atoms with Crippen LogP contribution in [0.2, 0.25) is 0 Å². The van der Waals surface area contributed by atoms with Gasteiger partial charge in [0.1, 0.15) is 12.0 Å². The molecule has 1 saturated heterocycles. The van der Waals surface area contributed by atoms with Crippen molar-refractivity contribution in [3.05, 3.63) is 78.3 Å². The molecule has 1 fully saturated rings. The third kappa shape index (κ3) is 7.55. The Balaban J connectivity index is 0.000000202. The quantitative estimate of drug-likeness (QED) is 0.341. The first-order chi connectivity index (χ1) is 16.3. The number of pyridine rings is 3. The van der Waals surface area contributed by atoms with E-state index in [2.05, 4.69) is 24.9 Å². The predicted molar refractivity (Wildman–Crippen MR) is 124 cm³/mol. The SMILES string of the molecule is C1CCOCC1.Cc1ccc2c(-c3ccc(C(F)(F)F)nc3)ncnc2n1.Cc1ccccn1. The topological polar surface area (TPSA) is 73.7 Å². The number of aromatic nitrogens is 5. The summed E-state index contributed by atoms with van der Waals surface area (Å²) in [7, 11) is 0. The largest absolute Gasteiger partial charge is 0.433 e.